The van der Waals surface area contributed by atoms with Crippen molar-refractivity contribution in [3.63, 3.8) is 0 Å². The monoisotopic (exact) mass is 340 g/mol. The van der Waals surface area contributed by atoms with Gasteiger partial charge in [0.05, 0.1) is 4.90 Å². The predicted octanol–water partition coefficient (Wildman–Crippen LogP) is 2.50. The zero-order chi connectivity index (χ0) is 16.5. The molecular weight excluding hydrogens is 324 g/mol. The minimum atomic E-state index is -3.79. The van der Waals surface area contributed by atoms with Crippen LogP contribution in [0.5, 0.6) is 0 Å². The number of hydrogen-bond acceptors (Lipinski definition) is 5. The summed E-state index contributed by atoms with van der Waals surface area (Å²) in [6, 6.07) is 4.29. The van der Waals surface area contributed by atoms with Crippen LogP contribution in [-0.4, -0.2) is 24.5 Å². The molecule has 6 nitrogen and oxygen atoms in total. The van der Waals surface area contributed by atoms with Crippen molar-refractivity contribution in [3.05, 3.63) is 45.4 Å². The number of carbonyl (C=O) groups is 1. The van der Waals surface area contributed by atoms with E-state index in [1.165, 1.54) is 6.07 Å². The molecule has 0 fully saturated rings. The first-order chi connectivity index (χ1) is 10.2. The van der Waals surface area contributed by atoms with E-state index in [9.17, 15) is 13.2 Å². The van der Waals surface area contributed by atoms with Gasteiger partial charge in [0, 0.05) is 22.8 Å². The summed E-state index contributed by atoms with van der Waals surface area (Å²) >= 11 is 0.946. The molecule has 0 aliphatic rings. The van der Waals surface area contributed by atoms with E-state index in [-0.39, 0.29) is 9.77 Å². The topological polar surface area (TPSA) is 96.4 Å². The van der Waals surface area contributed by atoms with Gasteiger partial charge in [-0.1, -0.05) is 0 Å². The Kier molecular flexibility index (Phi) is 4.64. The van der Waals surface area contributed by atoms with E-state index >= 15 is 0 Å². The van der Waals surface area contributed by atoms with E-state index in [1.807, 2.05) is 6.92 Å². The molecule has 0 aliphatic carbocycles. The summed E-state index contributed by atoms with van der Waals surface area (Å²) in [5.74, 6) is -1.13. The summed E-state index contributed by atoms with van der Waals surface area (Å²) in [6.07, 6.45) is 1.62. The van der Waals surface area contributed by atoms with Gasteiger partial charge in [0.2, 0.25) is 10.0 Å². The number of aryl methyl sites for hydroxylation is 2. The highest BCUT2D eigenvalue weighted by Gasteiger charge is 2.24. The molecule has 1 unspecified atom stereocenters. The number of aromatic carboxylic acids is 1. The molecule has 0 aromatic carbocycles. The minimum Gasteiger partial charge on any atom is -0.477 e. The molecular formula is C14H16N2O4S2. The number of pyridine rings is 1. The zero-order valence-electron chi connectivity index (χ0n) is 12.3. The third-order valence-corrected chi connectivity index (χ3v) is 5.96. The third kappa shape index (κ3) is 3.52. The Balaban J connectivity index is 2.29. The van der Waals surface area contributed by atoms with Crippen LogP contribution >= 0.6 is 11.3 Å². The maximum Gasteiger partial charge on any atom is 0.345 e. The van der Waals surface area contributed by atoms with Crippen molar-refractivity contribution in [1.29, 1.82) is 0 Å². The first-order valence-electron chi connectivity index (χ1n) is 6.49. The fourth-order valence-electron chi connectivity index (χ4n) is 2.04. The third-order valence-electron chi connectivity index (χ3n) is 3.13. The Hall–Kier alpha value is -1.77. The van der Waals surface area contributed by atoms with Crippen LogP contribution in [0.25, 0.3) is 0 Å². The molecule has 2 N–H and O–H groups in total. The normalized spacial score (nSPS) is 13.0. The fourth-order valence-corrected chi connectivity index (χ4v) is 4.70. The highest BCUT2D eigenvalue weighted by molar-refractivity contribution is 7.89. The average molecular weight is 340 g/mol. The molecule has 0 bridgehead atoms. The van der Waals surface area contributed by atoms with Crippen LogP contribution in [0.2, 0.25) is 0 Å². The Morgan fingerprint density at radius 3 is 2.59 bits per heavy atom. The van der Waals surface area contributed by atoms with Gasteiger partial charge in [-0.15, -0.1) is 11.3 Å². The lowest BCUT2D eigenvalue weighted by atomic mass is 10.1. The Morgan fingerprint density at radius 1 is 1.36 bits per heavy atom. The standard InChI is InChI=1S/C14H16N2O4S2/c1-8-6-11(4-5-15-8)9(2)16-22(19,20)13-7-12(14(17)18)21-10(13)3/h4-7,9,16H,1-3H3,(H,17,18). The number of nitrogens with one attached hydrogen (secondary N) is 1. The number of hydrogen-bond donors (Lipinski definition) is 2. The van der Waals surface area contributed by atoms with E-state index in [0.29, 0.717) is 4.88 Å². The minimum absolute atomic E-state index is 0.00489. The van der Waals surface area contributed by atoms with Crippen molar-refractivity contribution in [1.82, 2.24) is 9.71 Å². The molecule has 22 heavy (non-hydrogen) atoms. The number of nitrogens with zero attached hydrogens (tertiary/aromatic N) is 1. The Morgan fingerprint density at radius 2 is 2.05 bits per heavy atom. The lowest BCUT2D eigenvalue weighted by Crippen LogP contribution is -2.27. The molecule has 2 aromatic heterocycles. The van der Waals surface area contributed by atoms with Crippen LogP contribution < -0.4 is 4.72 Å². The Labute approximate surface area is 132 Å². The van der Waals surface area contributed by atoms with Crippen molar-refractivity contribution in [3.8, 4) is 0 Å². The maximum absolute atomic E-state index is 12.4. The number of carboxylic acids is 1. The van der Waals surface area contributed by atoms with Gasteiger partial charge in [0.15, 0.2) is 0 Å². The van der Waals surface area contributed by atoms with Crippen molar-refractivity contribution in [2.75, 3.05) is 0 Å². The number of aromatic nitrogens is 1. The number of thiophene rings is 1. The predicted molar refractivity (Wildman–Crippen MR) is 83.7 cm³/mol. The quantitative estimate of drug-likeness (QED) is 0.872. The molecule has 0 saturated carbocycles. The maximum atomic E-state index is 12.4. The summed E-state index contributed by atoms with van der Waals surface area (Å²) in [7, 11) is -3.79. The van der Waals surface area contributed by atoms with E-state index in [1.54, 1.807) is 32.2 Å². The van der Waals surface area contributed by atoms with Crippen molar-refractivity contribution < 1.29 is 18.3 Å². The van der Waals surface area contributed by atoms with Crippen LogP contribution in [0.15, 0.2) is 29.3 Å². The molecule has 0 saturated heterocycles. The highest BCUT2D eigenvalue weighted by Crippen LogP contribution is 2.27. The Bertz CT molecular complexity index is 812. The summed E-state index contributed by atoms with van der Waals surface area (Å²) in [5.41, 5.74) is 1.59. The molecule has 118 valence electrons. The van der Waals surface area contributed by atoms with Gasteiger partial charge in [-0.05, 0) is 44.5 Å². The molecule has 2 heterocycles. The van der Waals surface area contributed by atoms with Crippen LogP contribution in [0.3, 0.4) is 0 Å². The summed E-state index contributed by atoms with van der Waals surface area (Å²) in [4.78, 5) is 15.5. The summed E-state index contributed by atoms with van der Waals surface area (Å²) < 4.78 is 27.5. The van der Waals surface area contributed by atoms with Gasteiger partial charge in [0.1, 0.15) is 4.88 Å². The molecule has 2 rings (SSSR count). The van der Waals surface area contributed by atoms with Gasteiger partial charge in [-0.3, -0.25) is 4.98 Å². The molecule has 2 aromatic rings. The first-order valence-corrected chi connectivity index (χ1v) is 8.79. The van der Waals surface area contributed by atoms with E-state index in [2.05, 4.69) is 9.71 Å². The van der Waals surface area contributed by atoms with Crippen LogP contribution in [0.4, 0.5) is 0 Å². The molecule has 0 spiro atoms. The summed E-state index contributed by atoms with van der Waals surface area (Å²) in [6.45, 7) is 5.14. The second-order valence-electron chi connectivity index (χ2n) is 4.91. The molecule has 0 amide bonds. The lowest BCUT2D eigenvalue weighted by Gasteiger charge is -2.14. The van der Waals surface area contributed by atoms with Gasteiger partial charge >= 0.3 is 5.97 Å². The second-order valence-corrected chi connectivity index (χ2v) is 7.85. The SMILES string of the molecule is Cc1cc(C(C)NS(=O)(=O)c2cc(C(=O)O)sc2C)ccn1. The highest BCUT2D eigenvalue weighted by atomic mass is 32.2. The number of sulfonamides is 1. The van der Waals surface area contributed by atoms with Gasteiger partial charge in [-0.25, -0.2) is 17.9 Å². The van der Waals surface area contributed by atoms with E-state index in [4.69, 9.17) is 5.11 Å². The molecule has 1 atom stereocenters. The van der Waals surface area contributed by atoms with Crippen LogP contribution in [0.1, 0.15) is 38.8 Å². The number of carboxylic acid groups (broad SMARTS) is 1. The fraction of sp³-hybridized carbons (Fsp3) is 0.286. The summed E-state index contributed by atoms with van der Waals surface area (Å²) in [5, 5.41) is 8.97. The smallest absolute Gasteiger partial charge is 0.345 e. The van der Waals surface area contributed by atoms with Gasteiger partial charge in [-0.2, -0.15) is 0 Å². The van der Waals surface area contributed by atoms with E-state index < -0.39 is 22.0 Å². The van der Waals surface area contributed by atoms with Crippen molar-refractivity contribution >= 4 is 27.3 Å². The average Bonchev–Trinajstić information content (AvgIpc) is 2.81. The lowest BCUT2D eigenvalue weighted by molar-refractivity contribution is 0.0702. The van der Waals surface area contributed by atoms with Gasteiger partial charge < -0.3 is 5.11 Å². The zero-order valence-corrected chi connectivity index (χ0v) is 14.0. The molecule has 8 heteroatoms. The number of rotatable bonds is 5. The second kappa shape index (κ2) is 6.15. The van der Waals surface area contributed by atoms with Gasteiger partial charge in [0.25, 0.3) is 0 Å². The van der Waals surface area contributed by atoms with Crippen LogP contribution in [-0.2, 0) is 10.0 Å². The first kappa shape index (κ1) is 16.6. The van der Waals surface area contributed by atoms with Crippen LogP contribution in [0, 0.1) is 13.8 Å². The molecule has 0 aliphatic heterocycles. The largest absolute Gasteiger partial charge is 0.477 e. The van der Waals surface area contributed by atoms with E-state index in [0.717, 1.165) is 22.6 Å². The van der Waals surface area contributed by atoms with Crippen molar-refractivity contribution in [2.24, 2.45) is 0 Å². The molecule has 0 radical (unpaired) electrons. The van der Waals surface area contributed by atoms with Crippen molar-refractivity contribution in [2.45, 2.75) is 31.7 Å².